The van der Waals surface area contributed by atoms with Gasteiger partial charge in [-0.25, -0.2) is 0 Å². The molecule has 0 saturated carbocycles. The molecule has 0 atom stereocenters. The Labute approximate surface area is 67.3 Å². The Morgan fingerprint density at radius 2 is 2.00 bits per heavy atom. The molecule has 1 aliphatic rings. The van der Waals surface area contributed by atoms with Crippen molar-refractivity contribution in [1.29, 1.82) is 0 Å². The third-order valence-electron chi connectivity index (χ3n) is 1.28. The van der Waals surface area contributed by atoms with Gasteiger partial charge in [0, 0.05) is 5.03 Å². The Bertz CT molecular complexity index is 212. The van der Waals surface area contributed by atoms with Crippen molar-refractivity contribution in [3.8, 4) is 0 Å². The Morgan fingerprint density at radius 1 is 1.36 bits per heavy atom. The minimum absolute atomic E-state index is 0.233. The van der Waals surface area contributed by atoms with Gasteiger partial charge in [-0.3, -0.25) is 0 Å². The molecule has 61 valence electrons. The lowest BCUT2D eigenvalue weighted by Gasteiger charge is -2.13. The molecule has 1 radical (unpaired) electrons. The smallest absolute Gasteiger partial charge is 0.166 e. The quantitative estimate of drug-likeness (QED) is 0.538. The van der Waals surface area contributed by atoms with Crippen molar-refractivity contribution in [3.63, 3.8) is 0 Å². The Balaban J connectivity index is 2.87. The second-order valence-corrected chi connectivity index (χ2v) is 2.51. The molecule has 0 spiro atoms. The van der Waals surface area contributed by atoms with Crippen LogP contribution in [0.3, 0.4) is 0 Å². The zero-order valence-electron chi connectivity index (χ0n) is 5.45. The van der Waals surface area contributed by atoms with Crippen LogP contribution in [-0.2, 0) is 0 Å². The van der Waals surface area contributed by atoms with Crippen molar-refractivity contribution in [2.24, 2.45) is 0 Å². The summed E-state index contributed by atoms with van der Waals surface area (Å²) in [6, 6.07) is 0. The summed E-state index contributed by atoms with van der Waals surface area (Å²) in [5.74, 6) is 0. The summed E-state index contributed by atoms with van der Waals surface area (Å²) in [6.07, 6.45) is -0.100. The number of hydrogen-bond donors (Lipinski definition) is 0. The van der Waals surface area contributed by atoms with Gasteiger partial charge in [0.25, 0.3) is 0 Å². The van der Waals surface area contributed by atoms with E-state index in [1.807, 2.05) is 0 Å². The molecule has 1 aliphatic carbocycles. The van der Waals surface area contributed by atoms with Gasteiger partial charge in [-0.05, 0) is 12.8 Å². The van der Waals surface area contributed by atoms with E-state index in [0.29, 0.717) is 6.42 Å². The highest BCUT2D eigenvalue weighted by atomic mass is 35.5. The minimum atomic E-state index is -4.32. The normalized spacial score (nSPS) is 19.3. The predicted molar refractivity (Wildman–Crippen MR) is 37.0 cm³/mol. The summed E-state index contributed by atoms with van der Waals surface area (Å²) >= 11 is 5.31. The molecule has 0 unspecified atom stereocenters. The third kappa shape index (κ3) is 1.99. The number of halogens is 4. The van der Waals surface area contributed by atoms with E-state index < -0.39 is 11.7 Å². The van der Waals surface area contributed by atoms with E-state index in [1.54, 1.807) is 6.42 Å². The first kappa shape index (κ1) is 8.65. The summed E-state index contributed by atoms with van der Waals surface area (Å²) < 4.78 is 36.0. The fraction of sp³-hybridized carbons (Fsp3) is 0.286. The number of allylic oxidation sites excluding steroid dienone is 4. The molecule has 11 heavy (non-hydrogen) atoms. The minimum Gasteiger partial charge on any atom is -0.166 e. The molecule has 0 bridgehead atoms. The van der Waals surface area contributed by atoms with Crippen molar-refractivity contribution in [1.82, 2.24) is 0 Å². The molecule has 0 amide bonds. The number of rotatable bonds is 0. The maximum Gasteiger partial charge on any atom is 0.417 e. The molecule has 1 rings (SSSR count). The van der Waals surface area contributed by atoms with Gasteiger partial charge in [-0.15, -0.1) is 0 Å². The van der Waals surface area contributed by atoms with Crippen LogP contribution in [0, 0.1) is 6.42 Å². The monoisotopic (exact) mass is 181 g/mol. The third-order valence-corrected chi connectivity index (χ3v) is 1.61. The van der Waals surface area contributed by atoms with Gasteiger partial charge in [0.05, 0.1) is 5.57 Å². The average molecular weight is 182 g/mol. The Kier molecular flexibility index (Phi) is 2.28. The molecule has 0 aromatic heterocycles. The molecule has 0 aromatic rings. The van der Waals surface area contributed by atoms with E-state index >= 15 is 0 Å². The molecule has 4 heteroatoms. The van der Waals surface area contributed by atoms with E-state index in [-0.39, 0.29) is 5.03 Å². The van der Waals surface area contributed by atoms with Crippen molar-refractivity contribution >= 4 is 11.6 Å². The molecule has 0 aromatic carbocycles. The highest BCUT2D eigenvalue weighted by molar-refractivity contribution is 6.32. The zero-order valence-corrected chi connectivity index (χ0v) is 6.21. The largest absolute Gasteiger partial charge is 0.417 e. The van der Waals surface area contributed by atoms with Gasteiger partial charge in [-0.1, -0.05) is 23.8 Å². The Hall–Kier alpha value is -0.440. The van der Waals surface area contributed by atoms with Crippen molar-refractivity contribution in [2.45, 2.75) is 12.6 Å². The fourth-order valence-corrected chi connectivity index (χ4v) is 1.07. The van der Waals surface area contributed by atoms with E-state index in [0.717, 1.165) is 6.08 Å². The summed E-state index contributed by atoms with van der Waals surface area (Å²) in [5.41, 5.74) is -0.735. The van der Waals surface area contributed by atoms with Crippen LogP contribution in [0.2, 0.25) is 0 Å². The number of alkyl halides is 3. The lowest BCUT2D eigenvalue weighted by molar-refractivity contribution is -0.0889. The van der Waals surface area contributed by atoms with Crippen LogP contribution in [0.4, 0.5) is 13.2 Å². The zero-order chi connectivity index (χ0) is 8.48. The van der Waals surface area contributed by atoms with Crippen LogP contribution < -0.4 is 0 Å². The molecule has 0 nitrogen and oxygen atoms in total. The van der Waals surface area contributed by atoms with Crippen LogP contribution in [0.1, 0.15) is 6.42 Å². The summed E-state index contributed by atoms with van der Waals surface area (Å²) in [7, 11) is 0. The van der Waals surface area contributed by atoms with E-state index in [1.165, 1.54) is 6.08 Å². The van der Waals surface area contributed by atoms with Gasteiger partial charge in [-0.2, -0.15) is 13.2 Å². The first-order valence-electron chi connectivity index (χ1n) is 2.98. The maximum absolute atomic E-state index is 12.0. The molecule has 0 N–H and O–H groups in total. The van der Waals surface area contributed by atoms with Gasteiger partial charge in [0.15, 0.2) is 0 Å². The van der Waals surface area contributed by atoms with Crippen LogP contribution in [0.15, 0.2) is 22.8 Å². The highest BCUT2D eigenvalue weighted by Gasteiger charge is 2.35. The van der Waals surface area contributed by atoms with Gasteiger partial charge in [0.2, 0.25) is 0 Å². The average Bonchev–Trinajstić information content (AvgIpc) is 1.86. The first-order valence-corrected chi connectivity index (χ1v) is 3.36. The summed E-state index contributed by atoms with van der Waals surface area (Å²) in [6.45, 7) is 0. The molecular weight excluding hydrogens is 177 g/mol. The van der Waals surface area contributed by atoms with Gasteiger partial charge < -0.3 is 0 Å². The fourth-order valence-electron chi connectivity index (χ4n) is 0.796. The second-order valence-electron chi connectivity index (χ2n) is 2.10. The second kappa shape index (κ2) is 2.89. The lowest BCUT2D eigenvalue weighted by atomic mass is 10.1. The first-order chi connectivity index (χ1) is 5.02. The van der Waals surface area contributed by atoms with E-state index in [2.05, 4.69) is 0 Å². The molecule has 0 fully saturated rings. The topological polar surface area (TPSA) is 0 Å². The summed E-state index contributed by atoms with van der Waals surface area (Å²) in [4.78, 5) is 0. The van der Waals surface area contributed by atoms with Crippen LogP contribution in [0.5, 0.6) is 0 Å². The standard InChI is InChI=1S/C7H5ClF3/c8-6-4-2-1-3-5(6)7(9,10)11/h2-4H,1H2. The van der Waals surface area contributed by atoms with Crippen molar-refractivity contribution in [3.05, 3.63) is 29.2 Å². The highest BCUT2D eigenvalue weighted by Crippen LogP contribution is 2.35. The number of hydrogen-bond acceptors (Lipinski definition) is 0. The van der Waals surface area contributed by atoms with Crippen LogP contribution >= 0.6 is 11.6 Å². The van der Waals surface area contributed by atoms with E-state index in [4.69, 9.17) is 11.6 Å². The lowest BCUT2D eigenvalue weighted by Crippen LogP contribution is -2.13. The van der Waals surface area contributed by atoms with Crippen molar-refractivity contribution < 1.29 is 13.2 Å². The predicted octanol–water partition coefficient (Wildman–Crippen LogP) is 3.21. The molecule has 0 saturated heterocycles. The SMILES string of the molecule is FC(F)(F)C1=CC[CH]C=C1Cl. The maximum atomic E-state index is 12.0. The van der Waals surface area contributed by atoms with E-state index in [9.17, 15) is 13.2 Å². The van der Waals surface area contributed by atoms with Crippen LogP contribution in [0.25, 0.3) is 0 Å². The Morgan fingerprint density at radius 3 is 2.36 bits per heavy atom. The van der Waals surface area contributed by atoms with Gasteiger partial charge in [0.1, 0.15) is 0 Å². The van der Waals surface area contributed by atoms with Gasteiger partial charge >= 0.3 is 6.18 Å². The van der Waals surface area contributed by atoms with Crippen molar-refractivity contribution in [2.75, 3.05) is 0 Å². The molecule has 0 heterocycles. The summed E-state index contributed by atoms with van der Waals surface area (Å²) in [5, 5.41) is -0.233. The molecule has 0 aliphatic heterocycles. The van der Waals surface area contributed by atoms with Crippen LogP contribution in [-0.4, -0.2) is 6.18 Å². The molecular formula is C7H5ClF3.